The zero-order valence-electron chi connectivity index (χ0n) is 29.7. The van der Waals surface area contributed by atoms with Gasteiger partial charge in [-0.3, -0.25) is 0 Å². The van der Waals surface area contributed by atoms with Crippen LogP contribution in [0, 0.1) is 0 Å². The average Bonchev–Trinajstić information content (AvgIpc) is 3.64. The zero-order chi connectivity index (χ0) is 35.3. The molecule has 1 aromatic heterocycles. The Bertz CT molecular complexity index is 3100. The Morgan fingerprint density at radius 3 is 1.87 bits per heavy atom. The Balaban J connectivity index is 1.21. The number of hydrogen-bond donors (Lipinski definition) is 0. The first-order valence-electron chi connectivity index (χ1n) is 18.5. The molecular formula is C51H36N2. The molecule has 10 aromatic rings. The van der Waals surface area contributed by atoms with Gasteiger partial charge >= 0.3 is 0 Å². The van der Waals surface area contributed by atoms with Gasteiger partial charge in [-0.05, 0) is 104 Å². The van der Waals surface area contributed by atoms with Gasteiger partial charge in [0.05, 0.1) is 16.7 Å². The molecule has 0 fully saturated rings. The van der Waals surface area contributed by atoms with Crippen LogP contribution in [0.4, 0.5) is 17.1 Å². The minimum Gasteiger partial charge on any atom is -0.310 e. The van der Waals surface area contributed by atoms with Gasteiger partial charge in [-0.25, -0.2) is 0 Å². The molecule has 0 aliphatic heterocycles. The summed E-state index contributed by atoms with van der Waals surface area (Å²) in [5.41, 5.74) is 12.3. The molecule has 0 atom stereocenters. The Hall–Kier alpha value is -6.64. The van der Waals surface area contributed by atoms with Crippen molar-refractivity contribution >= 4 is 71.2 Å². The zero-order valence-corrected chi connectivity index (χ0v) is 29.7. The molecule has 0 spiro atoms. The lowest BCUT2D eigenvalue weighted by Gasteiger charge is -2.28. The molecule has 1 aliphatic carbocycles. The Kier molecular flexibility index (Phi) is 6.33. The second-order valence-corrected chi connectivity index (χ2v) is 15.0. The summed E-state index contributed by atoms with van der Waals surface area (Å²) in [4.78, 5) is 2.47. The number of benzene rings is 9. The van der Waals surface area contributed by atoms with E-state index >= 15 is 0 Å². The molecule has 0 radical (unpaired) electrons. The molecule has 250 valence electrons. The molecule has 0 unspecified atom stereocenters. The van der Waals surface area contributed by atoms with Crippen LogP contribution < -0.4 is 4.90 Å². The highest BCUT2D eigenvalue weighted by atomic mass is 15.1. The molecule has 0 bridgehead atoms. The Morgan fingerprint density at radius 1 is 0.396 bits per heavy atom. The molecule has 0 saturated heterocycles. The van der Waals surface area contributed by atoms with Crippen LogP contribution >= 0.6 is 0 Å². The largest absolute Gasteiger partial charge is 0.310 e. The van der Waals surface area contributed by atoms with E-state index in [0.717, 1.165) is 22.7 Å². The maximum absolute atomic E-state index is 2.47. The van der Waals surface area contributed by atoms with Gasteiger partial charge in [0.1, 0.15) is 0 Å². The van der Waals surface area contributed by atoms with Crippen LogP contribution in [0.2, 0.25) is 0 Å². The van der Waals surface area contributed by atoms with Crippen molar-refractivity contribution in [2.24, 2.45) is 0 Å². The van der Waals surface area contributed by atoms with E-state index in [1.54, 1.807) is 0 Å². The number of fused-ring (bicyclic) bond motifs is 9. The molecule has 1 heterocycles. The van der Waals surface area contributed by atoms with Gasteiger partial charge in [-0.15, -0.1) is 0 Å². The van der Waals surface area contributed by atoms with E-state index in [1.165, 1.54) is 76.4 Å². The van der Waals surface area contributed by atoms with E-state index in [-0.39, 0.29) is 5.41 Å². The van der Waals surface area contributed by atoms with Crippen molar-refractivity contribution in [3.63, 3.8) is 0 Å². The van der Waals surface area contributed by atoms with Crippen LogP contribution in [0.25, 0.3) is 70.9 Å². The molecule has 0 N–H and O–H groups in total. The maximum Gasteiger partial charge on any atom is 0.0561 e. The number of nitrogens with zero attached hydrogens (tertiary/aromatic N) is 2. The molecule has 0 saturated carbocycles. The van der Waals surface area contributed by atoms with E-state index < -0.39 is 0 Å². The Labute approximate surface area is 308 Å². The van der Waals surface area contributed by atoms with Gasteiger partial charge in [0.25, 0.3) is 0 Å². The summed E-state index contributed by atoms with van der Waals surface area (Å²) in [6.45, 7) is 4.70. The first-order valence-corrected chi connectivity index (χ1v) is 18.5. The minimum absolute atomic E-state index is 0.0576. The fraction of sp³-hybridized carbons (Fsp3) is 0.0588. The van der Waals surface area contributed by atoms with E-state index in [9.17, 15) is 0 Å². The lowest BCUT2D eigenvalue weighted by Crippen LogP contribution is -2.15. The monoisotopic (exact) mass is 676 g/mol. The predicted molar refractivity (Wildman–Crippen MR) is 226 cm³/mol. The smallest absolute Gasteiger partial charge is 0.0561 e. The van der Waals surface area contributed by atoms with Crippen LogP contribution in [0.1, 0.15) is 25.0 Å². The van der Waals surface area contributed by atoms with Crippen molar-refractivity contribution in [1.29, 1.82) is 0 Å². The van der Waals surface area contributed by atoms with Crippen LogP contribution in [0.15, 0.2) is 182 Å². The average molecular weight is 677 g/mol. The first kappa shape index (κ1) is 30.0. The summed E-state index contributed by atoms with van der Waals surface area (Å²) in [5, 5.41) is 9.90. The minimum atomic E-state index is -0.0576. The summed E-state index contributed by atoms with van der Waals surface area (Å²) < 4.78 is 2.47. The third kappa shape index (κ3) is 4.45. The lowest BCUT2D eigenvalue weighted by molar-refractivity contribution is 0.660. The fourth-order valence-corrected chi connectivity index (χ4v) is 9.10. The van der Waals surface area contributed by atoms with Gasteiger partial charge in [-0.1, -0.05) is 141 Å². The third-order valence-electron chi connectivity index (χ3n) is 11.7. The number of rotatable bonds is 4. The lowest BCUT2D eigenvalue weighted by atomic mass is 9.82. The SMILES string of the molecule is CC1(C)c2ccccc2-c2cc(N(c3ccc4c5cc6ccccc6cc5n(-c5ccc6ccccc6c5)c4c3)c3cccc4ccccc34)ccc21. The predicted octanol–water partition coefficient (Wildman–Crippen LogP) is 14.0. The molecule has 2 nitrogen and oxygen atoms in total. The maximum atomic E-state index is 2.47. The molecule has 1 aliphatic rings. The number of hydrogen-bond acceptors (Lipinski definition) is 1. The van der Waals surface area contributed by atoms with Crippen LogP contribution in [-0.4, -0.2) is 4.57 Å². The van der Waals surface area contributed by atoms with Gasteiger partial charge in [0, 0.05) is 38.6 Å². The summed E-state index contributed by atoms with van der Waals surface area (Å²) in [5.74, 6) is 0. The quantitative estimate of drug-likeness (QED) is 0.180. The van der Waals surface area contributed by atoms with E-state index in [2.05, 4.69) is 205 Å². The summed E-state index contributed by atoms with van der Waals surface area (Å²) in [6.07, 6.45) is 0. The van der Waals surface area contributed by atoms with E-state index in [0.29, 0.717) is 0 Å². The summed E-state index contributed by atoms with van der Waals surface area (Å²) in [6, 6.07) is 67.4. The van der Waals surface area contributed by atoms with Gasteiger partial charge in [0.2, 0.25) is 0 Å². The molecule has 11 rings (SSSR count). The van der Waals surface area contributed by atoms with Crippen LogP contribution in [0.5, 0.6) is 0 Å². The highest BCUT2D eigenvalue weighted by molar-refractivity contribution is 6.15. The topological polar surface area (TPSA) is 8.17 Å². The van der Waals surface area contributed by atoms with Crippen molar-refractivity contribution in [2.45, 2.75) is 19.3 Å². The molecular weight excluding hydrogens is 641 g/mol. The third-order valence-corrected chi connectivity index (χ3v) is 11.7. The highest BCUT2D eigenvalue weighted by Crippen LogP contribution is 2.51. The summed E-state index contributed by atoms with van der Waals surface area (Å²) in [7, 11) is 0. The van der Waals surface area contributed by atoms with Gasteiger partial charge in [0.15, 0.2) is 0 Å². The second kappa shape index (κ2) is 11.2. The Morgan fingerprint density at radius 2 is 1.02 bits per heavy atom. The van der Waals surface area contributed by atoms with Crippen LogP contribution in [0.3, 0.4) is 0 Å². The first-order chi connectivity index (χ1) is 26.0. The molecule has 0 amide bonds. The van der Waals surface area contributed by atoms with E-state index in [4.69, 9.17) is 0 Å². The van der Waals surface area contributed by atoms with Crippen molar-refractivity contribution in [3.05, 3.63) is 193 Å². The van der Waals surface area contributed by atoms with Crippen molar-refractivity contribution < 1.29 is 0 Å². The van der Waals surface area contributed by atoms with Crippen molar-refractivity contribution in [2.75, 3.05) is 4.90 Å². The molecule has 9 aromatic carbocycles. The standard InChI is InChI=1S/C51H36N2/c1-51(2)46-20-10-9-19-42(46)44-31-39(25-27-47(44)51)52(48-21-11-17-34-13-7-8-18-41(34)48)40-24-26-43-45-29-36-15-5-6-16-37(36)30-49(45)53(50(43)32-40)38-23-22-33-12-3-4-14-35(33)28-38/h3-32H,1-2H3. The fourth-order valence-electron chi connectivity index (χ4n) is 9.10. The normalized spacial score (nSPS) is 13.2. The second-order valence-electron chi connectivity index (χ2n) is 15.0. The summed E-state index contributed by atoms with van der Waals surface area (Å²) >= 11 is 0. The number of anilines is 3. The molecule has 53 heavy (non-hydrogen) atoms. The molecule has 2 heteroatoms. The van der Waals surface area contributed by atoms with Gasteiger partial charge in [-0.2, -0.15) is 0 Å². The highest BCUT2D eigenvalue weighted by Gasteiger charge is 2.35. The number of aromatic nitrogens is 1. The van der Waals surface area contributed by atoms with Crippen LogP contribution in [-0.2, 0) is 5.41 Å². The van der Waals surface area contributed by atoms with Gasteiger partial charge < -0.3 is 9.47 Å². The van der Waals surface area contributed by atoms with Crippen molar-refractivity contribution in [3.8, 4) is 16.8 Å². The van der Waals surface area contributed by atoms with Crippen molar-refractivity contribution in [1.82, 2.24) is 4.57 Å². The van der Waals surface area contributed by atoms with E-state index in [1.807, 2.05) is 0 Å².